The minimum absolute atomic E-state index is 0.0216. The van der Waals surface area contributed by atoms with E-state index < -0.39 is 0 Å². The minimum Gasteiger partial charge on any atom is -0.385 e. The van der Waals surface area contributed by atoms with Crippen molar-refractivity contribution in [3.8, 4) is 0 Å². The van der Waals surface area contributed by atoms with E-state index in [2.05, 4.69) is 6.07 Å². The SMILES string of the molecule is COCCCCc1ccc(CCCCOC)c(F)c1C. The molecule has 0 aliphatic rings. The van der Waals surface area contributed by atoms with E-state index in [0.29, 0.717) is 0 Å². The molecule has 2 nitrogen and oxygen atoms in total. The van der Waals surface area contributed by atoms with Gasteiger partial charge in [0.2, 0.25) is 0 Å². The minimum atomic E-state index is -0.0216. The fourth-order valence-corrected chi connectivity index (χ4v) is 2.37. The summed E-state index contributed by atoms with van der Waals surface area (Å²) in [7, 11) is 3.41. The molecule has 0 spiro atoms. The number of hydrogen-bond donors (Lipinski definition) is 0. The van der Waals surface area contributed by atoms with E-state index in [1.807, 2.05) is 13.0 Å². The van der Waals surface area contributed by atoms with Gasteiger partial charge in [-0.2, -0.15) is 0 Å². The molecule has 1 aromatic carbocycles. The van der Waals surface area contributed by atoms with Crippen molar-refractivity contribution in [2.24, 2.45) is 0 Å². The third kappa shape index (κ3) is 5.59. The highest BCUT2D eigenvalue weighted by Gasteiger charge is 2.09. The second-order valence-corrected chi connectivity index (χ2v) is 5.22. The van der Waals surface area contributed by atoms with Gasteiger partial charge < -0.3 is 9.47 Å². The molecule has 3 heteroatoms. The van der Waals surface area contributed by atoms with Crippen LogP contribution in [0.3, 0.4) is 0 Å². The molecule has 0 heterocycles. The molecule has 20 heavy (non-hydrogen) atoms. The largest absolute Gasteiger partial charge is 0.385 e. The highest BCUT2D eigenvalue weighted by Crippen LogP contribution is 2.20. The summed E-state index contributed by atoms with van der Waals surface area (Å²) in [4.78, 5) is 0. The van der Waals surface area contributed by atoms with Crippen molar-refractivity contribution in [1.82, 2.24) is 0 Å². The van der Waals surface area contributed by atoms with Crippen molar-refractivity contribution in [3.05, 3.63) is 34.6 Å². The van der Waals surface area contributed by atoms with Crippen molar-refractivity contribution in [3.63, 3.8) is 0 Å². The number of hydrogen-bond acceptors (Lipinski definition) is 2. The van der Waals surface area contributed by atoms with Crippen LogP contribution in [0.4, 0.5) is 4.39 Å². The predicted molar refractivity (Wildman–Crippen MR) is 80.8 cm³/mol. The summed E-state index contributed by atoms with van der Waals surface area (Å²) in [6, 6.07) is 4.03. The van der Waals surface area contributed by atoms with Gasteiger partial charge in [-0.1, -0.05) is 12.1 Å². The Morgan fingerprint density at radius 1 is 0.850 bits per heavy atom. The molecule has 0 saturated heterocycles. The second kappa shape index (κ2) is 9.89. The van der Waals surface area contributed by atoms with Gasteiger partial charge in [-0.3, -0.25) is 0 Å². The quantitative estimate of drug-likeness (QED) is 0.602. The first-order valence-electron chi connectivity index (χ1n) is 7.45. The summed E-state index contributed by atoms with van der Waals surface area (Å²) in [5.41, 5.74) is 2.77. The average Bonchev–Trinajstić information content (AvgIpc) is 2.46. The molecule has 0 saturated carbocycles. The van der Waals surface area contributed by atoms with Crippen molar-refractivity contribution < 1.29 is 13.9 Å². The lowest BCUT2D eigenvalue weighted by atomic mass is 9.97. The van der Waals surface area contributed by atoms with Gasteiger partial charge in [0.1, 0.15) is 5.82 Å². The molecule has 0 aliphatic heterocycles. The number of ether oxygens (including phenoxy) is 2. The maximum Gasteiger partial charge on any atom is 0.129 e. The van der Waals surface area contributed by atoms with E-state index in [-0.39, 0.29) is 5.82 Å². The van der Waals surface area contributed by atoms with Crippen molar-refractivity contribution in [2.45, 2.75) is 45.4 Å². The average molecular weight is 282 g/mol. The molecule has 0 atom stereocenters. The maximum atomic E-state index is 14.3. The smallest absolute Gasteiger partial charge is 0.129 e. The summed E-state index contributed by atoms with van der Waals surface area (Å²) < 4.78 is 24.3. The summed E-state index contributed by atoms with van der Waals surface area (Å²) in [5, 5.41) is 0. The van der Waals surface area contributed by atoms with Gasteiger partial charge in [-0.15, -0.1) is 0 Å². The van der Waals surface area contributed by atoms with Crippen LogP contribution >= 0.6 is 0 Å². The van der Waals surface area contributed by atoms with Crippen LogP contribution in [0.25, 0.3) is 0 Å². The fraction of sp³-hybridized carbons (Fsp3) is 0.647. The lowest BCUT2D eigenvalue weighted by molar-refractivity contribution is 0.192. The fourth-order valence-electron chi connectivity index (χ4n) is 2.37. The van der Waals surface area contributed by atoms with E-state index in [0.717, 1.165) is 68.4 Å². The molecule has 1 rings (SSSR count). The Morgan fingerprint density at radius 2 is 1.35 bits per heavy atom. The molecular formula is C17H27FO2. The number of methoxy groups -OCH3 is 2. The standard InChI is InChI=1S/C17H27FO2/c1-14-15(8-4-6-12-19-2)10-11-16(17(14)18)9-5-7-13-20-3/h10-11H,4-9,12-13H2,1-3H3. The third-order valence-electron chi connectivity index (χ3n) is 3.67. The zero-order valence-corrected chi connectivity index (χ0v) is 13.0. The normalized spacial score (nSPS) is 11.0. The molecule has 114 valence electrons. The first-order chi connectivity index (χ1) is 9.70. The van der Waals surface area contributed by atoms with Crippen LogP contribution < -0.4 is 0 Å². The first kappa shape index (κ1) is 17.1. The lowest BCUT2D eigenvalue weighted by Gasteiger charge is -2.11. The monoisotopic (exact) mass is 282 g/mol. The summed E-state index contributed by atoms with van der Waals surface area (Å²) in [6.45, 7) is 3.41. The number of halogens is 1. The van der Waals surface area contributed by atoms with Crippen molar-refractivity contribution in [1.29, 1.82) is 0 Å². The Hall–Kier alpha value is -0.930. The molecule has 0 unspecified atom stereocenters. The molecular weight excluding hydrogens is 255 g/mol. The second-order valence-electron chi connectivity index (χ2n) is 5.22. The molecule has 0 bridgehead atoms. The zero-order valence-electron chi connectivity index (χ0n) is 13.0. The van der Waals surface area contributed by atoms with Crippen LogP contribution in [-0.2, 0) is 22.3 Å². The number of unbranched alkanes of at least 4 members (excludes halogenated alkanes) is 2. The van der Waals surface area contributed by atoms with E-state index in [1.165, 1.54) is 0 Å². The molecule has 0 radical (unpaired) electrons. The molecule has 0 amide bonds. The van der Waals surface area contributed by atoms with E-state index in [1.54, 1.807) is 14.2 Å². The summed E-state index contributed by atoms with van der Waals surface area (Å²) in [6.07, 6.45) is 5.73. The Labute approximate surface area is 122 Å². The van der Waals surface area contributed by atoms with Gasteiger partial charge in [-0.25, -0.2) is 4.39 Å². The van der Waals surface area contributed by atoms with Gasteiger partial charge >= 0.3 is 0 Å². The summed E-state index contributed by atoms with van der Waals surface area (Å²) >= 11 is 0. The van der Waals surface area contributed by atoms with Crippen molar-refractivity contribution in [2.75, 3.05) is 27.4 Å². The molecule has 0 N–H and O–H groups in total. The van der Waals surface area contributed by atoms with Crippen LogP contribution in [0.5, 0.6) is 0 Å². The third-order valence-corrected chi connectivity index (χ3v) is 3.67. The topological polar surface area (TPSA) is 18.5 Å². The zero-order chi connectivity index (χ0) is 14.8. The van der Waals surface area contributed by atoms with Crippen LogP contribution in [0.15, 0.2) is 12.1 Å². The van der Waals surface area contributed by atoms with Crippen LogP contribution in [-0.4, -0.2) is 27.4 Å². The number of rotatable bonds is 10. The first-order valence-corrected chi connectivity index (χ1v) is 7.45. The molecule has 0 fully saturated rings. The lowest BCUT2D eigenvalue weighted by Crippen LogP contribution is -2.01. The maximum absolute atomic E-state index is 14.3. The molecule has 0 aromatic heterocycles. The molecule has 1 aromatic rings. The van der Waals surface area contributed by atoms with Gasteiger partial charge in [0.25, 0.3) is 0 Å². The molecule has 0 aliphatic carbocycles. The van der Waals surface area contributed by atoms with Crippen LogP contribution in [0, 0.1) is 12.7 Å². The van der Waals surface area contributed by atoms with Gasteiger partial charge in [0.15, 0.2) is 0 Å². The van der Waals surface area contributed by atoms with Crippen LogP contribution in [0.1, 0.15) is 42.4 Å². The Kier molecular flexibility index (Phi) is 8.47. The number of aryl methyl sites for hydroxylation is 2. The van der Waals surface area contributed by atoms with Crippen LogP contribution in [0.2, 0.25) is 0 Å². The van der Waals surface area contributed by atoms with E-state index in [9.17, 15) is 4.39 Å². The van der Waals surface area contributed by atoms with Crippen molar-refractivity contribution >= 4 is 0 Å². The van der Waals surface area contributed by atoms with Gasteiger partial charge in [0, 0.05) is 27.4 Å². The predicted octanol–water partition coefficient (Wildman–Crippen LogP) is 4.07. The Morgan fingerprint density at radius 3 is 1.90 bits per heavy atom. The summed E-state index contributed by atoms with van der Waals surface area (Å²) in [5.74, 6) is -0.0216. The highest BCUT2D eigenvalue weighted by atomic mass is 19.1. The van der Waals surface area contributed by atoms with E-state index in [4.69, 9.17) is 9.47 Å². The number of benzene rings is 1. The highest BCUT2D eigenvalue weighted by molar-refractivity contribution is 5.33. The van der Waals surface area contributed by atoms with Gasteiger partial charge in [0.05, 0.1) is 0 Å². The van der Waals surface area contributed by atoms with E-state index >= 15 is 0 Å². The Balaban J connectivity index is 2.52. The van der Waals surface area contributed by atoms with Gasteiger partial charge in [-0.05, 0) is 62.1 Å². The Bertz CT molecular complexity index is 354.